The maximum atomic E-state index is 11.7. The maximum Gasteiger partial charge on any atom is 0.239 e. The van der Waals surface area contributed by atoms with Gasteiger partial charge < -0.3 is 20.5 Å². The molecule has 20 heavy (non-hydrogen) atoms. The molecule has 1 aliphatic rings. The van der Waals surface area contributed by atoms with Crippen molar-refractivity contribution < 1.29 is 22.7 Å². The molecule has 110 valence electrons. The molecule has 0 bridgehead atoms. The van der Waals surface area contributed by atoms with Crippen molar-refractivity contribution in [2.45, 2.75) is 13.3 Å². The Morgan fingerprint density at radius 2 is 2.00 bits per heavy atom. The van der Waals surface area contributed by atoms with Crippen LogP contribution in [0.4, 0.5) is 11.4 Å². The fourth-order valence-corrected chi connectivity index (χ4v) is 3.07. The number of nitrogens with two attached hydrogens (primary N) is 1. The predicted octanol–water partition coefficient (Wildman–Crippen LogP) is 0.761. The number of sulfone groups is 1. The summed E-state index contributed by atoms with van der Waals surface area (Å²) in [6, 6.07) is 3.04. The summed E-state index contributed by atoms with van der Waals surface area (Å²) in [5.41, 5.74) is 6.36. The van der Waals surface area contributed by atoms with Gasteiger partial charge in [-0.25, -0.2) is 8.42 Å². The molecule has 8 heteroatoms. The largest absolute Gasteiger partial charge is 0.454 e. The highest BCUT2D eigenvalue weighted by Crippen LogP contribution is 2.38. The zero-order valence-electron chi connectivity index (χ0n) is 11.0. The van der Waals surface area contributed by atoms with Crippen molar-refractivity contribution in [2.75, 3.05) is 29.3 Å². The van der Waals surface area contributed by atoms with Crippen LogP contribution in [-0.4, -0.2) is 32.6 Å². The third kappa shape index (κ3) is 3.32. The molecule has 0 saturated heterocycles. The van der Waals surface area contributed by atoms with E-state index in [4.69, 9.17) is 15.2 Å². The zero-order valence-corrected chi connectivity index (χ0v) is 11.8. The highest BCUT2D eigenvalue weighted by Gasteiger charge is 2.19. The van der Waals surface area contributed by atoms with E-state index in [1.165, 1.54) is 12.1 Å². The number of carbonyl (C=O) groups excluding carboxylic acids is 1. The molecule has 1 aromatic rings. The number of rotatable bonds is 5. The van der Waals surface area contributed by atoms with Gasteiger partial charge in [-0.05, 0) is 6.42 Å². The molecular formula is C12H16N2O5S. The van der Waals surface area contributed by atoms with Gasteiger partial charge in [0.05, 0.1) is 17.1 Å². The minimum Gasteiger partial charge on any atom is -0.454 e. The predicted molar refractivity (Wildman–Crippen MR) is 74.6 cm³/mol. The molecule has 7 nitrogen and oxygen atoms in total. The lowest BCUT2D eigenvalue weighted by Gasteiger charge is -2.09. The average Bonchev–Trinajstić information content (AvgIpc) is 2.75. The Hall–Kier alpha value is -1.96. The van der Waals surface area contributed by atoms with E-state index in [-0.39, 0.29) is 18.2 Å². The summed E-state index contributed by atoms with van der Waals surface area (Å²) in [7, 11) is -3.38. The number of carbonyl (C=O) groups is 1. The topological polar surface area (TPSA) is 108 Å². The fourth-order valence-electron chi connectivity index (χ4n) is 1.84. The van der Waals surface area contributed by atoms with Crippen LogP contribution in [0.5, 0.6) is 11.5 Å². The quantitative estimate of drug-likeness (QED) is 0.777. The molecule has 0 fully saturated rings. The number of hydrogen-bond donors (Lipinski definition) is 2. The monoisotopic (exact) mass is 300 g/mol. The van der Waals surface area contributed by atoms with Crippen LogP contribution in [-0.2, 0) is 14.6 Å². The van der Waals surface area contributed by atoms with E-state index in [0.29, 0.717) is 23.6 Å². The number of nitrogens with one attached hydrogen (secondary N) is 1. The first-order valence-corrected chi connectivity index (χ1v) is 7.93. The maximum absolute atomic E-state index is 11.7. The van der Waals surface area contributed by atoms with E-state index in [0.717, 1.165) is 0 Å². The molecule has 0 aromatic heterocycles. The summed E-state index contributed by atoms with van der Waals surface area (Å²) in [5.74, 6) is -0.236. The molecule has 0 unspecified atom stereocenters. The van der Waals surface area contributed by atoms with Crippen LogP contribution in [0.25, 0.3) is 0 Å². The van der Waals surface area contributed by atoms with Crippen molar-refractivity contribution in [2.24, 2.45) is 0 Å². The van der Waals surface area contributed by atoms with Crippen molar-refractivity contribution in [3.05, 3.63) is 12.1 Å². The van der Waals surface area contributed by atoms with E-state index >= 15 is 0 Å². The third-order valence-corrected chi connectivity index (χ3v) is 4.42. The van der Waals surface area contributed by atoms with Crippen LogP contribution in [0, 0.1) is 0 Å². The molecule has 1 amide bonds. The molecule has 0 spiro atoms. The molecular weight excluding hydrogens is 284 g/mol. The first-order chi connectivity index (χ1) is 9.41. The molecule has 1 aliphatic heterocycles. The number of amides is 1. The van der Waals surface area contributed by atoms with Crippen molar-refractivity contribution in [3.8, 4) is 11.5 Å². The van der Waals surface area contributed by atoms with E-state index < -0.39 is 21.5 Å². The van der Waals surface area contributed by atoms with Gasteiger partial charge in [0, 0.05) is 12.1 Å². The highest BCUT2D eigenvalue weighted by atomic mass is 32.2. The molecule has 0 aliphatic carbocycles. The molecule has 2 rings (SSSR count). The fraction of sp³-hybridized carbons (Fsp3) is 0.417. The molecule has 1 heterocycles. The van der Waals surface area contributed by atoms with Crippen LogP contribution in [0.1, 0.15) is 13.3 Å². The number of hydrogen-bond acceptors (Lipinski definition) is 6. The number of benzene rings is 1. The smallest absolute Gasteiger partial charge is 0.239 e. The van der Waals surface area contributed by atoms with E-state index in [9.17, 15) is 13.2 Å². The van der Waals surface area contributed by atoms with E-state index in [1.54, 1.807) is 6.92 Å². The Morgan fingerprint density at radius 3 is 2.65 bits per heavy atom. The summed E-state index contributed by atoms with van der Waals surface area (Å²) in [6.07, 6.45) is 0.474. The Balaban J connectivity index is 2.09. The van der Waals surface area contributed by atoms with Crippen LogP contribution < -0.4 is 20.5 Å². The third-order valence-electron chi connectivity index (χ3n) is 2.68. The molecule has 3 N–H and O–H groups in total. The second-order valence-electron chi connectivity index (χ2n) is 4.43. The van der Waals surface area contributed by atoms with Gasteiger partial charge in [-0.3, -0.25) is 4.79 Å². The second kappa shape index (κ2) is 5.58. The average molecular weight is 300 g/mol. The summed E-state index contributed by atoms with van der Waals surface area (Å²) >= 11 is 0. The second-order valence-corrected chi connectivity index (χ2v) is 6.62. The minimum absolute atomic E-state index is 0.0168. The van der Waals surface area contributed by atoms with Gasteiger partial charge in [0.15, 0.2) is 21.3 Å². The van der Waals surface area contributed by atoms with Crippen molar-refractivity contribution in [3.63, 3.8) is 0 Å². The van der Waals surface area contributed by atoms with Gasteiger partial charge in [-0.2, -0.15) is 0 Å². The van der Waals surface area contributed by atoms with Gasteiger partial charge in [0.25, 0.3) is 0 Å². The number of nitrogen functional groups attached to an aromatic ring is 1. The normalized spacial score (nSPS) is 13.2. The van der Waals surface area contributed by atoms with Crippen molar-refractivity contribution >= 4 is 27.1 Å². The van der Waals surface area contributed by atoms with Crippen LogP contribution in [0.15, 0.2) is 12.1 Å². The lowest BCUT2D eigenvalue weighted by atomic mass is 10.2. The summed E-state index contributed by atoms with van der Waals surface area (Å²) in [6.45, 7) is 1.84. The van der Waals surface area contributed by atoms with Crippen LogP contribution in [0.3, 0.4) is 0 Å². The molecule has 1 aromatic carbocycles. The Kier molecular flexibility index (Phi) is 4.03. The van der Waals surface area contributed by atoms with Gasteiger partial charge in [0.2, 0.25) is 12.7 Å². The van der Waals surface area contributed by atoms with Gasteiger partial charge in [0.1, 0.15) is 5.75 Å². The van der Waals surface area contributed by atoms with Gasteiger partial charge >= 0.3 is 0 Å². The Bertz CT molecular complexity index is 627. The Labute approximate surface area is 117 Å². The molecule has 0 saturated carbocycles. The number of fused-ring (bicyclic) bond motifs is 1. The molecule has 0 radical (unpaired) electrons. The van der Waals surface area contributed by atoms with E-state index in [2.05, 4.69) is 5.32 Å². The lowest BCUT2D eigenvalue weighted by molar-refractivity contribution is -0.113. The summed E-state index contributed by atoms with van der Waals surface area (Å²) in [4.78, 5) is 11.7. The Morgan fingerprint density at radius 1 is 1.35 bits per heavy atom. The summed E-state index contributed by atoms with van der Waals surface area (Å²) in [5, 5.41) is 2.48. The van der Waals surface area contributed by atoms with Crippen molar-refractivity contribution in [1.82, 2.24) is 0 Å². The minimum atomic E-state index is -3.38. The number of ether oxygens (including phenoxy) is 2. The van der Waals surface area contributed by atoms with Crippen LogP contribution >= 0.6 is 0 Å². The highest BCUT2D eigenvalue weighted by molar-refractivity contribution is 7.92. The molecule has 0 atom stereocenters. The van der Waals surface area contributed by atoms with Crippen molar-refractivity contribution in [1.29, 1.82) is 0 Å². The lowest BCUT2D eigenvalue weighted by Crippen LogP contribution is -2.24. The van der Waals surface area contributed by atoms with Gasteiger partial charge in [-0.1, -0.05) is 6.92 Å². The number of anilines is 2. The standard InChI is InChI=1S/C12H16N2O5S/c1-2-3-20(16,17)6-12(15)14-9-5-11-10(4-8(9)13)18-7-19-11/h4-5H,2-3,6-7,13H2,1H3,(H,14,15). The van der Waals surface area contributed by atoms with E-state index in [1.807, 2.05) is 0 Å². The summed E-state index contributed by atoms with van der Waals surface area (Å²) < 4.78 is 33.4. The van der Waals surface area contributed by atoms with Gasteiger partial charge in [-0.15, -0.1) is 0 Å². The zero-order chi connectivity index (χ0) is 14.8. The SMILES string of the molecule is CCCS(=O)(=O)CC(=O)Nc1cc2c(cc1N)OCO2. The first-order valence-electron chi connectivity index (χ1n) is 6.10. The first kappa shape index (κ1) is 14.4. The van der Waals surface area contributed by atoms with Crippen LogP contribution in [0.2, 0.25) is 0 Å².